The smallest absolute Gasteiger partial charge is 0.247 e. The topological polar surface area (TPSA) is 92.6 Å². The number of aromatic nitrogens is 3. The van der Waals surface area contributed by atoms with Crippen LogP contribution in [0.3, 0.4) is 0 Å². The van der Waals surface area contributed by atoms with Crippen LogP contribution in [-0.2, 0) is 27.4 Å². The second-order valence-corrected chi connectivity index (χ2v) is 9.43. The zero-order valence-electron chi connectivity index (χ0n) is 21.6. The van der Waals surface area contributed by atoms with Gasteiger partial charge in [-0.15, -0.1) is 5.10 Å². The quantitative estimate of drug-likeness (QED) is 0.339. The monoisotopic (exact) mass is 530 g/mol. The summed E-state index contributed by atoms with van der Waals surface area (Å²) in [4.78, 5) is 31.4. The number of rotatable bonds is 10. The molecule has 1 N–H and O–H groups in total. The number of carbonyl (C=O) groups is 2. The number of amides is 2. The first-order valence-corrected chi connectivity index (χ1v) is 13.0. The molecular formula is C29H31FN6O3. The SMILES string of the molecule is O=C(NCc1ccccc1)[C@H](c1ccc(F)cc1)N(CCN1CCOCC1)C(=O)Cn1nnc2ccccc21. The molecule has 0 aliphatic carbocycles. The average Bonchev–Trinajstić information content (AvgIpc) is 3.38. The van der Waals surface area contributed by atoms with E-state index in [1.54, 1.807) is 21.7 Å². The molecule has 3 aromatic carbocycles. The molecule has 5 rings (SSSR count). The molecule has 1 fully saturated rings. The van der Waals surface area contributed by atoms with Crippen LogP contribution in [0.25, 0.3) is 11.0 Å². The number of ether oxygens (including phenoxy) is 1. The minimum absolute atomic E-state index is 0.0900. The average molecular weight is 531 g/mol. The summed E-state index contributed by atoms with van der Waals surface area (Å²) >= 11 is 0. The fourth-order valence-corrected chi connectivity index (χ4v) is 4.72. The van der Waals surface area contributed by atoms with Crippen molar-refractivity contribution in [2.45, 2.75) is 19.1 Å². The van der Waals surface area contributed by atoms with E-state index in [1.165, 1.54) is 12.1 Å². The molecule has 1 aliphatic heterocycles. The Morgan fingerprint density at radius 1 is 0.974 bits per heavy atom. The normalized spacial score (nSPS) is 14.7. The lowest BCUT2D eigenvalue weighted by Crippen LogP contribution is -2.49. The Hall–Kier alpha value is -4.15. The summed E-state index contributed by atoms with van der Waals surface area (Å²) in [6.45, 7) is 3.82. The summed E-state index contributed by atoms with van der Waals surface area (Å²) in [6.07, 6.45) is 0. The van der Waals surface area contributed by atoms with E-state index in [0.29, 0.717) is 43.9 Å². The number of halogens is 1. The number of fused-ring (bicyclic) bond motifs is 1. The zero-order valence-corrected chi connectivity index (χ0v) is 21.6. The van der Waals surface area contributed by atoms with Gasteiger partial charge in [-0.05, 0) is 35.4 Å². The molecule has 1 atom stereocenters. The van der Waals surface area contributed by atoms with Gasteiger partial charge in [0.2, 0.25) is 11.8 Å². The number of nitrogens with zero attached hydrogens (tertiary/aromatic N) is 5. The summed E-state index contributed by atoms with van der Waals surface area (Å²) in [5, 5.41) is 11.3. The van der Waals surface area contributed by atoms with Gasteiger partial charge in [0.05, 0.1) is 18.7 Å². The number of nitrogens with one attached hydrogen (secondary N) is 1. The molecule has 0 saturated carbocycles. The molecule has 10 heteroatoms. The molecule has 0 spiro atoms. The maximum Gasteiger partial charge on any atom is 0.247 e. The third-order valence-electron chi connectivity index (χ3n) is 6.84. The number of hydrogen-bond acceptors (Lipinski definition) is 6. The van der Waals surface area contributed by atoms with Gasteiger partial charge in [-0.1, -0.05) is 59.8 Å². The minimum Gasteiger partial charge on any atom is -0.379 e. The third kappa shape index (κ3) is 6.65. The Morgan fingerprint density at radius 3 is 2.46 bits per heavy atom. The zero-order chi connectivity index (χ0) is 27.0. The summed E-state index contributed by atoms with van der Waals surface area (Å²) in [7, 11) is 0. The fourth-order valence-electron chi connectivity index (χ4n) is 4.72. The van der Waals surface area contributed by atoms with Crippen LogP contribution in [0, 0.1) is 5.82 Å². The number of benzene rings is 3. The molecule has 39 heavy (non-hydrogen) atoms. The van der Waals surface area contributed by atoms with Crippen molar-refractivity contribution in [1.82, 2.24) is 30.1 Å². The van der Waals surface area contributed by atoms with Gasteiger partial charge in [-0.25, -0.2) is 9.07 Å². The van der Waals surface area contributed by atoms with Crippen molar-refractivity contribution >= 4 is 22.8 Å². The Morgan fingerprint density at radius 2 is 1.69 bits per heavy atom. The van der Waals surface area contributed by atoms with E-state index in [0.717, 1.165) is 24.2 Å². The molecule has 4 aromatic rings. The molecule has 0 unspecified atom stereocenters. The minimum atomic E-state index is -0.961. The predicted octanol–water partition coefficient (Wildman–Crippen LogP) is 2.79. The molecule has 0 radical (unpaired) electrons. The maximum atomic E-state index is 13.9. The first-order chi connectivity index (χ1) is 19.1. The van der Waals surface area contributed by atoms with Crippen molar-refractivity contribution in [2.75, 3.05) is 39.4 Å². The van der Waals surface area contributed by atoms with Crippen LogP contribution >= 0.6 is 0 Å². The molecule has 0 bridgehead atoms. The van der Waals surface area contributed by atoms with E-state index in [2.05, 4.69) is 20.5 Å². The Balaban J connectivity index is 1.44. The second-order valence-electron chi connectivity index (χ2n) is 9.43. The van der Waals surface area contributed by atoms with E-state index < -0.39 is 11.9 Å². The highest BCUT2D eigenvalue weighted by Gasteiger charge is 2.32. The van der Waals surface area contributed by atoms with Crippen LogP contribution in [0.1, 0.15) is 17.2 Å². The largest absolute Gasteiger partial charge is 0.379 e. The first-order valence-electron chi connectivity index (χ1n) is 13.0. The van der Waals surface area contributed by atoms with Gasteiger partial charge in [0.1, 0.15) is 23.9 Å². The van der Waals surface area contributed by atoms with Crippen LogP contribution < -0.4 is 5.32 Å². The number of hydrogen-bond donors (Lipinski definition) is 1. The lowest BCUT2D eigenvalue weighted by Gasteiger charge is -2.34. The van der Waals surface area contributed by atoms with Crippen molar-refractivity contribution < 1.29 is 18.7 Å². The summed E-state index contributed by atoms with van der Waals surface area (Å²) in [5.41, 5.74) is 2.87. The van der Waals surface area contributed by atoms with Gasteiger partial charge < -0.3 is 15.0 Å². The Labute approximate surface area is 226 Å². The Bertz CT molecular complexity index is 1390. The van der Waals surface area contributed by atoms with Crippen molar-refractivity contribution in [1.29, 1.82) is 0 Å². The van der Waals surface area contributed by atoms with Crippen molar-refractivity contribution in [3.05, 3.63) is 95.8 Å². The van der Waals surface area contributed by atoms with E-state index >= 15 is 0 Å². The highest BCUT2D eigenvalue weighted by Crippen LogP contribution is 2.23. The van der Waals surface area contributed by atoms with Crippen molar-refractivity contribution in [2.24, 2.45) is 0 Å². The fraction of sp³-hybridized carbons (Fsp3) is 0.310. The van der Waals surface area contributed by atoms with E-state index in [4.69, 9.17) is 4.74 Å². The highest BCUT2D eigenvalue weighted by atomic mass is 19.1. The van der Waals surface area contributed by atoms with E-state index in [1.807, 2.05) is 54.6 Å². The van der Waals surface area contributed by atoms with Gasteiger partial charge >= 0.3 is 0 Å². The van der Waals surface area contributed by atoms with Crippen LogP contribution in [0.4, 0.5) is 4.39 Å². The molecule has 9 nitrogen and oxygen atoms in total. The summed E-state index contributed by atoms with van der Waals surface area (Å²) in [5.74, 6) is -1.05. The number of carbonyl (C=O) groups excluding carboxylic acids is 2. The molecule has 2 heterocycles. The highest BCUT2D eigenvalue weighted by molar-refractivity contribution is 5.89. The first kappa shape index (κ1) is 26.5. The van der Waals surface area contributed by atoms with Crippen molar-refractivity contribution in [3.63, 3.8) is 0 Å². The summed E-state index contributed by atoms with van der Waals surface area (Å²) in [6, 6.07) is 21.7. The van der Waals surface area contributed by atoms with Gasteiger partial charge in [0.25, 0.3) is 0 Å². The van der Waals surface area contributed by atoms with E-state index in [9.17, 15) is 14.0 Å². The lowest BCUT2D eigenvalue weighted by molar-refractivity contribution is -0.142. The standard InChI is InChI=1S/C29H31FN6O3/c30-24-12-10-23(11-13-24)28(29(38)31-20-22-6-2-1-3-7-22)35(15-14-34-16-18-39-19-17-34)27(37)21-36-26-9-5-4-8-25(26)32-33-36/h1-13,28H,14-21H2,(H,31,38)/t28-/m0/s1. The molecule has 1 aromatic heterocycles. The van der Waals surface area contributed by atoms with Gasteiger partial charge in [-0.3, -0.25) is 14.5 Å². The van der Waals surface area contributed by atoms with Crippen LogP contribution in [-0.4, -0.2) is 76.0 Å². The van der Waals surface area contributed by atoms with Gasteiger partial charge in [0, 0.05) is 32.7 Å². The maximum absolute atomic E-state index is 13.9. The van der Waals surface area contributed by atoms with E-state index in [-0.39, 0.29) is 18.4 Å². The number of para-hydroxylation sites is 1. The second kappa shape index (κ2) is 12.6. The molecule has 202 valence electrons. The van der Waals surface area contributed by atoms with Crippen molar-refractivity contribution in [3.8, 4) is 0 Å². The van der Waals surface area contributed by atoms with Crippen LogP contribution in [0.5, 0.6) is 0 Å². The predicted molar refractivity (Wildman–Crippen MR) is 144 cm³/mol. The van der Waals surface area contributed by atoms with Crippen LogP contribution in [0.15, 0.2) is 78.9 Å². The van der Waals surface area contributed by atoms with Gasteiger partial charge in [0.15, 0.2) is 0 Å². The van der Waals surface area contributed by atoms with Crippen LogP contribution in [0.2, 0.25) is 0 Å². The molecule has 1 saturated heterocycles. The molecule has 2 amide bonds. The summed E-state index contributed by atoms with van der Waals surface area (Å²) < 4.78 is 20.9. The number of morpholine rings is 1. The Kier molecular flexibility index (Phi) is 8.55. The van der Waals surface area contributed by atoms with Gasteiger partial charge in [-0.2, -0.15) is 0 Å². The molecule has 1 aliphatic rings. The lowest BCUT2D eigenvalue weighted by atomic mass is 10.0. The third-order valence-corrected chi connectivity index (χ3v) is 6.84. The molecular weight excluding hydrogens is 499 g/mol.